The number of carbonyl (C=O) groups is 2. The van der Waals surface area contributed by atoms with E-state index in [9.17, 15) is 19.8 Å². The molecule has 0 unspecified atom stereocenters. The van der Waals surface area contributed by atoms with Gasteiger partial charge in [-0.15, -0.1) is 0 Å². The molecule has 0 bridgehead atoms. The van der Waals surface area contributed by atoms with Gasteiger partial charge in [0.15, 0.2) is 5.78 Å². The number of aryl methyl sites for hydroxylation is 1. The minimum Gasteiger partial charge on any atom is -0.507 e. The first-order valence-electron chi connectivity index (χ1n) is 7.98. The summed E-state index contributed by atoms with van der Waals surface area (Å²) in [5.41, 5.74) is 1.50. The third-order valence-corrected chi connectivity index (χ3v) is 3.79. The highest BCUT2D eigenvalue weighted by atomic mass is 16.5. The number of aliphatic hydroxyl groups excluding tert-OH is 1. The quantitative estimate of drug-likeness (QED) is 0.715. The van der Waals surface area contributed by atoms with E-state index in [1.165, 1.54) is 12.1 Å². The second-order valence-corrected chi connectivity index (χ2v) is 6.00. The van der Waals surface area contributed by atoms with E-state index in [0.717, 1.165) is 5.56 Å². The van der Waals surface area contributed by atoms with E-state index in [0.29, 0.717) is 24.8 Å². The number of carbonyl (C=O) groups excluding carboxylic acids is 2. The average molecular weight is 330 g/mol. The maximum Gasteiger partial charge on any atom is 0.342 e. The lowest BCUT2D eigenvalue weighted by Crippen LogP contribution is -2.18. The molecule has 1 aliphatic heterocycles. The Balaban J connectivity index is 2.38. The first-order valence-corrected chi connectivity index (χ1v) is 7.98. The average Bonchev–Trinajstić information content (AvgIpc) is 2.49. The molecule has 2 N–H and O–H groups in total. The highest BCUT2D eigenvalue weighted by Gasteiger charge is 2.20. The Morgan fingerprint density at radius 3 is 2.67 bits per heavy atom. The lowest BCUT2D eigenvalue weighted by molar-refractivity contribution is -0.122. The number of allylic oxidation sites excluding steroid dienone is 1. The van der Waals surface area contributed by atoms with Crippen LogP contribution in [0.2, 0.25) is 0 Å². The molecule has 2 rings (SSSR count). The number of aromatic hydroxyl groups is 1. The molecule has 5 nitrogen and oxygen atoms in total. The Kier molecular flexibility index (Phi) is 5.93. The van der Waals surface area contributed by atoms with Crippen molar-refractivity contribution in [1.29, 1.82) is 0 Å². The molecule has 1 aromatic rings. The number of phenolic OH excluding ortho intramolecular Hbond substituents is 1. The molecule has 1 aromatic carbocycles. The summed E-state index contributed by atoms with van der Waals surface area (Å²) in [7, 11) is 0. The van der Waals surface area contributed by atoms with Crippen molar-refractivity contribution in [1.82, 2.24) is 0 Å². The van der Waals surface area contributed by atoms with Gasteiger partial charge < -0.3 is 14.9 Å². The van der Waals surface area contributed by atoms with Gasteiger partial charge in [0, 0.05) is 6.42 Å². The lowest BCUT2D eigenvalue weighted by Gasteiger charge is -2.15. The predicted octanol–water partition coefficient (Wildman–Crippen LogP) is 2.93. The van der Waals surface area contributed by atoms with Crippen molar-refractivity contribution in [3.05, 3.63) is 47.1 Å². The zero-order chi connectivity index (χ0) is 17.7. The van der Waals surface area contributed by atoms with Gasteiger partial charge in [0.1, 0.15) is 23.5 Å². The monoisotopic (exact) mass is 330 g/mol. The number of hydrogen-bond donors (Lipinski definition) is 2. The van der Waals surface area contributed by atoms with Gasteiger partial charge in [-0.2, -0.15) is 0 Å². The number of ether oxygens (including phenoxy) is 1. The molecule has 0 radical (unpaired) electrons. The fraction of sp³-hybridized carbons (Fsp3) is 0.368. The summed E-state index contributed by atoms with van der Waals surface area (Å²) in [4.78, 5) is 24.1. The molecule has 0 saturated carbocycles. The van der Waals surface area contributed by atoms with E-state index in [1.54, 1.807) is 31.2 Å². The van der Waals surface area contributed by atoms with Gasteiger partial charge in [-0.05, 0) is 50.0 Å². The van der Waals surface area contributed by atoms with Crippen molar-refractivity contribution in [3.8, 4) is 5.75 Å². The maximum atomic E-state index is 12.4. The van der Waals surface area contributed by atoms with Crippen LogP contribution in [0.25, 0.3) is 6.08 Å². The predicted molar refractivity (Wildman–Crippen MR) is 90.8 cm³/mol. The molecule has 0 saturated heterocycles. The lowest BCUT2D eigenvalue weighted by atomic mass is 10.0. The molecule has 5 heteroatoms. The number of ketones is 1. The molecule has 24 heavy (non-hydrogen) atoms. The minimum absolute atomic E-state index is 0.121. The standard InChI is InChI=1S/C19H22O5/c1-12-10-14-7-3-4-8-15(20)16(21)9-5-6-13(2)24-19(23)18(14)17(22)11-12/h3,5,7,9-11,13,15,20,22H,4,6,8H2,1-2H3/b7-3?,9-5-/t13-,15-/m0/s1. The second-order valence-electron chi connectivity index (χ2n) is 6.00. The van der Waals surface area contributed by atoms with Gasteiger partial charge in [0.05, 0.1) is 0 Å². The highest BCUT2D eigenvalue weighted by molar-refractivity contribution is 5.97. The summed E-state index contributed by atoms with van der Waals surface area (Å²) in [6.45, 7) is 3.52. The molecule has 0 aliphatic carbocycles. The number of phenols is 1. The topological polar surface area (TPSA) is 83.8 Å². The van der Waals surface area contributed by atoms with Gasteiger partial charge in [0.25, 0.3) is 0 Å². The van der Waals surface area contributed by atoms with E-state index in [-0.39, 0.29) is 17.1 Å². The number of hydrogen-bond acceptors (Lipinski definition) is 5. The number of benzene rings is 1. The van der Waals surface area contributed by atoms with Gasteiger partial charge in [-0.3, -0.25) is 4.79 Å². The van der Waals surface area contributed by atoms with Crippen molar-refractivity contribution < 1.29 is 24.5 Å². The summed E-state index contributed by atoms with van der Waals surface area (Å²) >= 11 is 0. The fourth-order valence-electron chi connectivity index (χ4n) is 2.53. The van der Waals surface area contributed by atoms with Crippen LogP contribution in [0.5, 0.6) is 5.75 Å². The summed E-state index contributed by atoms with van der Waals surface area (Å²) in [5.74, 6) is -1.07. The molecule has 0 fully saturated rings. The van der Waals surface area contributed by atoms with Crippen LogP contribution in [0.4, 0.5) is 0 Å². The van der Waals surface area contributed by atoms with Crippen molar-refractivity contribution in [2.45, 2.75) is 45.3 Å². The summed E-state index contributed by atoms with van der Waals surface area (Å²) in [6, 6.07) is 3.30. The zero-order valence-corrected chi connectivity index (χ0v) is 13.9. The molecule has 0 spiro atoms. The van der Waals surface area contributed by atoms with Gasteiger partial charge in [-0.1, -0.05) is 24.3 Å². The van der Waals surface area contributed by atoms with E-state index in [4.69, 9.17) is 4.74 Å². The first kappa shape index (κ1) is 17.9. The summed E-state index contributed by atoms with van der Waals surface area (Å²) in [6.07, 6.45) is 5.99. The van der Waals surface area contributed by atoms with Crippen LogP contribution in [0.15, 0.2) is 30.4 Å². The van der Waals surface area contributed by atoms with Gasteiger partial charge in [0.2, 0.25) is 0 Å². The maximum absolute atomic E-state index is 12.4. The first-order chi connectivity index (χ1) is 11.4. The van der Waals surface area contributed by atoms with E-state index in [2.05, 4.69) is 0 Å². The van der Waals surface area contributed by atoms with Crippen LogP contribution in [0.1, 0.15) is 47.7 Å². The SMILES string of the molecule is Cc1cc(O)c2c(c1)C=CCC[C@H](O)C(=O)/C=C\C[C@H](C)OC2=O. The number of rotatable bonds is 0. The van der Waals surface area contributed by atoms with Crippen LogP contribution < -0.4 is 0 Å². The van der Waals surface area contributed by atoms with E-state index < -0.39 is 18.2 Å². The molecule has 2 atom stereocenters. The Morgan fingerprint density at radius 1 is 1.17 bits per heavy atom. The largest absolute Gasteiger partial charge is 0.507 e. The van der Waals surface area contributed by atoms with Crippen LogP contribution in [-0.2, 0) is 9.53 Å². The normalized spacial score (nSPS) is 24.0. The molecule has 0 aromatic heterocycles. The molecular formula is C19H22O5. The van der Waals surface area contributed by atoms with Crippen LogP contribution in [0, 0.1) is 6.92 Å². The van der Waals surface area contributed by atoms with Crippen molar-refractivity contribution in [2.75, 3.05) is 0 Å². The molecule has 1 heterocycles. The van der Waals surface area contributed by atoms with Crippen LogP contribution >= 0.6 is 0 Å². The number of fused-ring (bicyclic) bond motifs is 1. The number of aliphatic hydroxyl groups is 1. The van der Waals surface area contributed by atoms with E-state index in [1.807, 2.05) is 6.92 Å². The summed E-state index contributed by atoms with van der Waals surface area (Å²) in [5, 5.41) is 20.0. The van der Waals surface area contributed by atoms with Gasteiger partial charge >= 0.3 is 5.97 Å². The smallest absolute Gasteiger partial charge is 0.342 e. The fourth-order valence-corrected chi connectivity index (χ4v) is 2.53. The minimum atomic E-state index is -1.04. The molecule has 128 valence electrons. The third kappa shape index (κ3) is 4.55. The Labute approximate surface area is 141 Å². The summed E-state index contributed by atoms with van der Waals surface area (Å²) < 4.78 is 5.35. The Bertz CT molecular complexity index is 687. The van der Waals surface area contributed by atoms with Crippen molar-refractivity contribution in [3.63, 3.8) is 0 Å². The number of cyclic esters (lactones) is 1. The van der Waals surface area contributed by atoms with Crippen LogP contribution in [-0.4, -0.2) is 34.2 Å². The Morgan fingerprint density at radius 2 is 1.92 bits per heavy atom. The van der Waals surface area contributed by atoms with Crippen molar-refractivity contribution in [2.24, 2.45) is 0 Å². The molecule has 0 amide bonds. The Hall–Kier alpha value is -2.40. The van der Waals surface area contributed by atoms with Gasteiger partial charge in [-0.25, -0.2) is 4.79 Å². The second kappa shape index (κ2) is 7.93. The van der Waals surface area contributed by atoms with Crippen molar-refractivity contribution >= 4 is 17.8 Å². The molecule has 1 aliphatic rings. The molecular weight excluding hydrogens is 308 g/mol. The third-order valence-electron chi connectivity index (χ3n) is 3.79. The van der Waals surface area contributed by atoms with E-state index >= 15 is 0 Å². The highest BCUT2D eigenvalue weighted by Crippen LogP contribution is 2.26. The van der Waals surface area contributed by atoms with Crippen LogP contribution in [0.3, 0.4) is 0 Å². The number of esters is 1. The zero-order valence-electron chi connectivity index (χ0n) is 13.9.